The van der Waals surface area contributed by atoms with Crippen LogP contribution in [0.1, 0.15) is 5.56 Å². The first kappa shape index (κ1) is 11.7. The highest BCUT2D eigenvalue weighted by Gasteiger charge is 2.21. The normalized spacial score (nSPS) is 16.2. The summed E-state index contributed by atoms with van der Waals surface area (Å²) in [5.74, 6) is 0. The number of furan rings is 1. The molecule has 0 unspecified atom stereocenters. The number of para-hydroxylation sites is 1. The Bertz CT molecular complexity index is 794. The fourth-order valence-corrected chi connectivity index (χ4v) is 2.62. The van der Waals surface area contributed by atoms with Gasteiger partial charge in [-0.2, -0.15) is 0 Å². The van der Waals surface area contributed by atoms with Crippen LogP contribution in [-0.4, -0.2) is 19.5 Å². The van der Waals surface area contributed by atoms with E-state index in [4.69, 9.17) is 13.9 Å². The number of hydrogen-bond donors (Lipinski definition) is 0. The van der Waals surface area contributed by atoms with Gasteiger partial charge in [0.1, 0.15) is 11.2 Å². The molecule has 100 valence electrons. The molecule has 3 heteroatoms. The van der Waals surface area contributed by atoms with Crippen molar-refractivity contribution in [2.75, 3.05) is 13.2 Å². The van der Waals surface area contributed by atoms with Gasteiger partial charge in [-0.1, -0.05) is 30.8 Å². The van der Waals surface area contributed by atoms with Gasteiger partial charge >= 0.3 is 0 Å². The van der Waals surface area contributed by atoms with Crippen LogP contribution in [-0.2, 0) is 9.47 Å². The second kappa shape index (κ2) is 4.47. The number of ether oxygens (including phenoxy) is 2. The maximum Gasteiger partial charge on any atom is 0.184 e. The zero-order valence-corrected chi connectivity index (χ0v) is 11.0. The Balaban J connectivity index is 1.85. The van der Waals surface area contributed by atoms with Crippen LogP contribution in [0.2, 0.25) is 0 Å². The molecule has 0 saturated carbocycles. The molecule has 0 atom stereocenters. The summed E-state index contributed by atoms with van der Waals surface area (Å²) in [5.41, 5.74) is 3.67. The summed E-state index contributed by atoms with van der Waals surface area (Å²) in [6.45, 7) is 5.35. The average Bonchev–Trinajstić information content (AvgIpc) is 3.13. The van der Waals surface area contributed by atoms with Crippen LogP contribution in [0.15, 0.2) is 53.5 Å². The quantitative estimate of drug-likeness (QED) is 0.703. The molecule has 1 aliphatic rings. The first-order valence-corrected chi connectivity index (χ1v) is 6.66. The van der Waals surface area contributed by atoms with Gasteiger partial charge in [0.05, 0.1) is 13.2 Å². The Labute approximate surface area is 116 Å². The summed E-state index contributed by atoms with van der Waals surface area (Å²) in [5, 5.41) is 2.21. The minimum atomic E-state index is -0.328. The predicted octanol–water partition coefficient (Wildman–Crippen LogP) is 3.97. The molecule has 1 saturated heterocycles. The summed E-state index contributed by atoms with van der Waals surface area (Å²) >= 11 is 0. The lowest BCUT2D eigenvalue weighted by molar-refractivity contribution is 0.00712. The predicted molar refractivity (Wildman–Crippen MR) is 78.4 cm³/mol. The van der Waals surface area contributed by atoms with E-state index in [2.05, 4.69) is 18.7 Å². The number of hydrogen-bond acceptors (Lipinski definition) is 3. The van der Waals surface area contributed by atoms with E-state index >= 15 is 0 Å². The maximum atomic E-state index is 5.82. The van der Waals surface area contributed by atoms with Crippen LogP contribution in [0.5, 0.6) is 0 Å². The molecule has 1 fully saturated rings. The highest BCUT2D eigenvalue weighted by atomic mass is 16.7. The minimum absolute atomic E-state index is 0.328. The SMILES string of the molecule is C=C(c1ccc2oc3ccccc3c2c1)C1OCCO1. The maximum absolute atomic E-state index is 5.82. The number of benzene rings is 2. The molecule has 0 radical (unpaired) electrons. The van der Waals surface area contributed by atoms with Crippen molar-refractivity contribution < 1.29 is 13.9 Å². The van der Waals surface area contributed by atoms with E-state index in [0.717, 1.165) is 33.1 Å². The standard InChI is InChI=1S/C17H14O3/c1-11(17-18-8-9-19-17)12-6-7-16-14(10-12)13-4-2-3-5-15(13)20-16/h2-7,10,17H,1,8-9H2. The van der Waals surface area contributed by atoms with Crippen LogP contribution in [0.4, 0.5) is 0 Å². The summed E-state index contributed by atoms with van der Waals surface area (Å²) < 4.78 is 16.8. The summed E-state index contributed by atoms with van der Waals surface area (Å²) in [4.78, 5) is 0. The average molecular weight is 266 g/mol. The van der Waals surface area contributed by atoms with Crippen LogP contribution in [0.3, 0.4) is 0 Å². The lowest BCUT2D eigenvalue weighted by Crippen LogP contribution is -2.09. The van der Waals surface area contributed by atoms with Gasteiger partial charge in [-0.05, 0) is 23.8 Å². The van der Waals surface area contributed by atoms with E-state index in [0.29, 0.717) is 13.2 Å². The molecular weight excluding hydrogens is 252 g/mol. The molecule has 20 heavy (non-hydrogen) atoms. The van der Waals surface area contributed by atoms with Crippen molar-refractivity contribution >= 4 is 27.5 Å². The van der Waals surface area contributed by atoms with Crippen molar-refractivity contribution in [2.45, 2.75) is 6.29 Å². The Morgan fingerprint density at radius 3 is 2.55 bits per heavy atom. The van der Waals surface area contributed by atoms with Gasteiger partial charge < -0.3 is 13.9 Å². The third-order valence-corrected chi connectivity index (χ3v) is 3.65. The van der Waals surface area contributed by atoms with Gasteiger partial charge in [0.15, 0.2) is 6.29 Å². The second-order valence-electron chi connectivity index (χ2n) is 4.91. The zero-order chi connectivity index (χ0) is 13.5. The van der Waals surface area contributed by atoms with Gasteiger partial charge in [0, 0.05) is 16.3 Å². The zero-order valence-electron chi connectivity index (χ0n) is 11.0. The Morgan fingerprint density at radius 2 is 1.70 bits per heavy atom. The molecule has 2 aromatic carbocycles. The molecule has 3 nitrogen and oxygen atoms in total. The third kappa shape index (κ3) is 1.75. The first-order chi connectivity index (χ1) is 9.83. The third-order valence-electron chi connectivity index (χ3n) is 3.65. The van der Waals surface area contributed by atoms with Crippen LogP contribution in [0.25, 0.3) is 27.5 Å². The van der Waals surface area contributed by atoms with Gasteiger partial charge in [0.2, 0.25) is 0 Å². The van der Waals surface area contributed by atoms with Gasteiger partial charge in [-0.25, -0.2) is 0 Å². The molecule has 0 aliphatic carbocycles. The first-order valence-electron chi connectivity index (χ1n) is 6.66. The van der Waals surface area contributed by atoms with Crippen molar-refractivity contribution in [1.29, 1.82) is 0 Å². The largest absolute Gasteiger partial charge is 0.456 e. The molecule has 0 N–H and O–H groups in total. The fraction of sp³-hybridized carbons (Fsp3) is 0.176. The van der Waals surface area contributed by atoms with Crippen LogP contribution < -0.4 is 0 Å². The topological polar surface area (TPSA) is 31.6 Å². The second-order valence-corrected chi connectivity index (χ2v) is 4.91. The van der Waals surface area contributed by atoms with E-state index in [1.807, 2.05) is 30.3 Å². The lowest BCUT2D eigenvalue weighted by Gasteiger charge is -2.12. The summed E-state index contributed by atoms with van der Waals surface area (Å²) in [6, 6.07) is 14.1. The van der Waals surface area contributed by atoms with E-state index in [9.17, 15) is 0 Å². The summed E-state index contributed by atoms with van der Waals surface area (Å²) in [7, 11) is 0. The molecule has 0 spiro atoms. The van der Waals surface area contributed by atoms with Crippen molar-refractivity contribution in [1.82, 2.24) is 0 Å². The molecule has 1 aliphatic heterocycles. The Kier molecular flexibility index (Phi) is 2.62. The van der Waals surface area contributed by atoms with E-state index in [1.54, 1.807) is 0 Å². The highest BCUT2D eigenvalue weighted by Crippen LogP contribution is 2.32. The molecular formula is C17H14O3. The van der Waals surface area contributed by atoms with Crippen LogP contribution in [0, 0.1) is 0 Å². The van der Waals surface area contributed by atoms with Crippen molar-refractivity contribution in [3.8, 4) is 0 Å². The van der Waals surface area contributed by atoms with Crippen molar-refractivity contribution in [3.63, 3.8) is 0 Å². The van der Waals surface area contributed by atoms with Gasteiger partial charge in [-0.3, -0.25) is 0 Å². The van der Waals surface area contributed by atoms with Gasteiger partial charge in [-0.15, -0.1) is 0 Å². The van der Waals surface area contributed by atoms with E-state index < -0.39 is 0 Å². The van der Waals surface area contributed by atoms with E-state index in [-0.39, 0.29) is 6.29 Å². The monoisotopic (exact) mass is 266 g/mol. The minimum Gasteiger partial charge on any atom is -0.456 e. The fourth-order valence-electron chi connectivity index (χ4n) is 2.62. The lowest BCUT2D eigenvalue weighted by atomic mass is 10.0. The van der Waals surface area contributed by atoms with Crippen LogP contribution >= 0.6 is 0 Å². The Hall–Kier alpha value is -2.10. The molecule has 0 bridgehead atoms. The molecule has 2 heterocycles. The molecule has 4 rings (SSSR count). The van der Waals surface area contributed by atoms with E-state index in [1.165, 1.54) is 0 Å². The van der Waals surface area contributed by atoms with Gasteiger partial charge in [0.25, 0.3) is 0 Å². The summed E-state index contributed by atoms with van der Waals surface area (Å²) in [6.07, 6.45) is -0.328. The number of rotatable bonds is 2. The smallest absolute Gasteiger partial charge is 0.184 e. The Morgan fingerprint density at radius 1 is 0.950 bits per heavy atom. The van der Waals surface area contributed by atoms with Crippen molar-refractivity contribution in [2.24, 2.45) is 0 Å². The highest BCUT2D eigenvalue weighted by molar-refractivity contribution is 6.05. The molecule has 1 aromatic heterocycles. The molecule has 3 aromatic rings. The van der Waals surface area contributed by atoms with Crippen molar-refractivity contribution in [3.05, 3.63) is 54.6 Å². The number of fused-ring (bicyclic) bond motifs is 3. The molecule has 0 amide bonds.